The molecule has 0 bridgehead atoms. The molecule has 0 saturated carbocycles. The zero-order valence-corrected chi connectivity index (χ0v) is 8.51. The molecule has 1 unspecified atom stereocenters. The van der Waals surface area contributed by atoms with Gasteiger partial charge in [0, 0.05) is 11.5 Å². The zero-order valence-electron chi connectivity index (χ0n) is 7.35. The minimum atomic E-state index is -1.82. The number of aromatic nitrogens is 2. The maximum absolute atomic E-state index is 12.9. The minimum Gasteiger partial charge on any atom is -0.422 e. The summed E-state index contributed by atoms with van der Waals surface area (Å²) in [5, 5.41) is 21.8. The van der Waals surface area contributed by atoms with Crippen molar-refractivity contribution in [1.29, 1.82) is 0 Å². The molecule has 0 radical (unpaired) electrons. The highest BCUT2D eigenvalue weighted by atomic mass is 31.0. The molecule has 1 aromatic heterocycles. The Morgan fingerprint density at radius 3 is 2.47 bits per heavy atom. The van der Waals surface area contributed by atoms with E-state index in [-0.39, 0.29) is 16.5 Å². The van der Waals surface area contributed by atoms with E-state index in [0.717, 1.165) is 12.1 Å². The maximum Gasteiger partial charge on any atom is 0.510 e. The number of nitrogens with zero attached hydrogens (tertiary/aromatic N) is 2. The van der Waals surface area contributed by atoms with Crippen LogP contribution in [0.25, 0.3) is 10.9 Å². The summed E-state index contributed by atoms with van der Waals surface area (Å²) in [4.78, 5) is 0. The van der Waals surface area contributed by atoms with E-state index in [9.17, 15) is 8.78 Å². The van der Waals surface area contributed by atoms with Gasteiger partial charge in [0.05, 0.1) is 5.52 Å². The molecule has 8 heteroatoms. The number of benzene rings is 1. The van der Waals surface area contributed by atoms with Crippen molar-refractivity contribution < 1.29 is 18.8 Å². The van der Waals surface area contributed by atoms with Crippen molar-refractivity contribution in [1.82, 2.24) is 9.55 Å². The Bertz CT molecular complexity index is 531. The fraction of sp³-hybridized carbons (Fsp3) is 0. The highest BCUT2D eigenvalue weighted by Crippen LogP contribution is 2.18. The van der Waals surface area contributed by atoms with E-state index in [1.807, 2.05) is 0 Å². The number of halogens is 2. The van der Waals surface area contributed by atoms with Crippen LogP contribution in [-0.2, 0) is 0 Å². The summed E-state index contributed by atoms with van der Waals surface area (Å²) in [5.41, 5.74) is 0.154. The predicted octanol–water partition coefficient (Wildman–Crippen LogP) is -0.367. The summed E-state index contributed by atoms with van der Waals surface area (Å²) in [5.74, 6) is -2.06. The first kappa shape index (κ1) is 10.5. The van der Waals surface area contributed by atoms with Gasteiger partial charge in [-0.2, -0.15) is 5.10 Å². The second-order valence-corrected chi connectivity index (χ2v) is 3.48. The predicted molar refractivity (Wildman–Crippen MR) is 54.6 cm³/mol. The summed E-state index contributed by atoms with van der Waals surface area (Å²) >= 11 is 0. The fourth-order valence-corrected chi connectivity index (χ4v) is 1.68. The fourth-order valence-electron chi connectivity index (χ4n) is 1.35. The van der Waals surface area contributed by atoms with Crippen LogP contribution in [0.5, 0.6) is 0 Å². The van der Waals surface area contributed by atoms with Gasteiger partial charge in [0.2, 0.25) is 0 Å². The highest BCUT2D eigenvalue weighted by Gasteiger charge is 2.21. The average molecular weight is 230 g/mol. The summed E-state index contributed by atoms with van der Waals surface area (Å²) < 4.78 is 27.0. The molecule has 0 saturated heterocycles. The van der Waals surface area contributed by atoms with E-state index >= 15 is 0 Å². The lowest BCUT2D eigenvalue weighted by molar-refractivity contribution is 0.424. The molecule has 15 heavy (non-hydrogen) atoms. The van der Waals surface area contributed by atoms with Gasteiger partial charge in [-0.3, -0.25) is 4.45 Å². The van der Waals surface area contributed by atoms with Gasteiger partial charge < -0.3 is 10.0 Å². The quantitative estimate of drug-likeness (QED) is 0.519. The van der Waals surface area contributed by atoms with Gasteiger partial charge in [0.25, 0.3) is 0 Å². The number of fused-ring (bicyclic) bond motifs is 1. The van der Waals surface area contributed by atoms with Crippen molar-refractivity contribution in [3.05, 3.63) is 23.8 Å². The monoisotopic (exact) mass is 230 g/mol. The van der Waals surface area contributed by atoms with Crippen LogP contribution in [0.1, 0.15) is 0 Å². The average Bonchev–Trinajstić information content (AvgIpc) is 2.45. The van der Waals surface area contributed by atoms with Crippen molar-refractivity contribution in [2.75, 3.05) is 0 Å². The molecule has 1 atom stereocenters. The smallest absolute Gasteiger partial charge is 0.422 e. The van der Waals surface area contributed by atoms with Crippen LogP contribution < -0.4 is 5.59 Å². The molecule has 0 fully saturated rings. The number of hydrogen-bond donors (Lipinski definition) is 2. The van der Waals surface area contributed by atoms with Crippen molar-refractivity contribution in [2.45, 2.75) is 0 Å². The van der Waals surface area contributed by atoms with E-state index in [0.29, 0.717) is 0 Å². The van der Waals surface area contributed by atoms with Gasteiger partial charge in [0.1, 0.15) is 5.59 Å². The molecule has 0 aliphatic carbocycles. The van der Waals surface area contributed by atoms with E-state index in [1.54, 1.807) is 0 Å². The Morgan fingerprint density at radius 2 is 1.87 bits per heavy atom. The first-order valence-corrected chi connectivity index (χ1v) is 4.51. The Morgan fingerprint density at radius 1 is 1.27 bits per heavy atom. The lowest BCUT2D eigenvalue weighted by Crippen LogP contribution is -2.31. The Balaban J connectivity index is 2.82. The van der Waals surface area contributed by atoms with Gasteiger partial charge in [-0.05, 0) is 15.5 Å². The Hall–Kier alpha value is -1.04. The molecule has 2 N–H and O–H groups in total. The third kappa shape index (κ3) is 1.63. The van der Waals surface area contributed by atoms with Gasteiger partial charge in [-0.1, -0.05) is 0 Å². The first-order chi connectivity index (χ1) is 7.00. The summed E-state index contributed by atoms with van der Waals surface area (Å²) in [6, 6.07) is 1.82. The standard InChI is InChI=1S/C7H6BF2N2O2P/c9-4-1-3-6(2-5(4)10)12(15)11-7(3)8(13)14/h1-2,13-14H,15H2. The van der Waals surface area contributed by atoms with Crippen molar-refractivity contribution in [3.8, 4) is 0 Å². The number of rotatable bonds is 1. The van der Waals surface area contributed by atoms with Crippen molar-refractivity contribution >= 4 is 33.0 Å². The largest absolute Gasteiger partial charge is 0.510 e. The van der Waals surface area contributed by atoms with E-state index in [2.05, 4.69) is 14.5 Å². The molecule has 0 spiro atoms. The molecular formula is C7H6BF2N2O2P. The Labute approximate surface area is 85.9 Å². The molecule has 0 aliphatic rings. The minimum absolute atomic E-state index is 0.112. The van der Waals surface area contributed by atoms with Gasteiger partial charge >= 0.3 is 7.12 Å². The molecule has 0 aliphatic heterocycles. The highest BCUT2D eigenvalue weighted by molar-refractivity contribution is 7.14. The maximum atomic E-state index is 12.9. The van der Waals surface area contributed by atoms with Crippen LogP contribution in [0.2, 0.25) is 0 Å². The van der Waals surface area contributed by atoms with Crippen LogP contribution in [0.4, 0.5) is 8.78 Å². The molecule has 1 aromatic carbocycles. The molecular weight excluding hydrogens is 224 g/mol. The Kier molecular flexibility index (Phi) is 2.46. The second kappa shape index (κ2) is 3.52. The van der Waals surface area contributed by atoms with Gasteiger partial charge in [-0.25, -0.2) is 8.78 Å². The van der Waals surface area contributed by atoms with Crippen molar-refractivity contribution in [2.24, 2.45) is 0 Å². The van der Waals surface area contributed by atoms with Crippen LogP contribution in [0.3, 0.4) is 0 Å². The topological polar surface area (TPSA) is 58.3 Å². The van der Waals surface area contributed by atoms with Gasteiger partial charge in [0.15, 0.2) is 11.6 Å². The molecule has 2 rings (SSSR count). The third-order valence-electron chi connectivity index (χ3n) is 2.02. The van der Waals surface area contributed by atoms with Crippen LogP contribution in [-0.4, -0.2) is 26.7 Å². The number of hydrogen-bond acceptors (Lipinski definition) is 3. The first-order valence-electron chi connectivity index (χ1n) is 3.99. The molecule has 1 heterocycles. The summed E-state index contributed by atoms with van der Waals surface area (Å²) in [6.45, 7) is 0. The normalized spacial score (nSPS) is 11.0. The molecule has 0 amide bonds. The molecule has 78 valence electrons. The van der Waals surface area contributed by atoms with Crippen molar-refractivity contribution in [3.63, 3.8) is 0 Å². The molecule has 2 aromatic rings. The summed E-state index contributed by atoms with van der Waals surface area (Å²) in [7, 11) is 0.322. The van der Waals surface area contributed by atoms with Gasteiger partial charge in [-0.15, -0.1) is 0 Å². The lowest BCUT2D eigenvalue weighted by Gasteiger charge is -1.96. The van der Waals surface area contributed by atoms with E-state index in [4.69, 9.17) is 10.0 Å². The zero-order chi connectivity index (χ0) is 11.2. The van der Waals surface area contributed by atoms with Crippen LogP contribution >= 0.6 is 9.39 Å². The SMILES string of the molecule is OB(O)c1nn(P)c2cc(F)c(F)cc12. The lowest BCUT2D eigenvalue weighted by atomic mass is 9.84. The third-order valence-corrected chi connectivity index (χ3v) is 2.42. The second-order valence-electron chi connectivity index (χ2n) is 2.99. The van der Waals surface area contributed by atoms with Crippen LogP contribution in [0.15, 0.2) is 12.1 Å². The van der Waals surface area contributed by atoms with Crippen LogP contribution in [0, 0.1) is 11.6 Å². The molecule has 4 nitrogen and oxygen atoms in total. The summed E-state index contributed by atoms with van der Waals surface area (Å²) in [6.07, 6.45) is 0. The van der Waals surface area contributed by atoms with E-state index in [1.165, 1.54) is 4.45 Å². The van der Waals surface area contributed by atoms with E-state index < -0.39 is 18.8 Å².